The summed E-state index contributed by atoms with van der Waals surface area (Å²) in [5, 5.41) is 3.46. The van der Waals surface area contributed by atoms with Gasteiger partial charge in [0.25, 0.3) is 0 Å². The minimum absolute atomic E-state index is 0.498. The highest BCUT2D eigenvalue weighted by Gasteiger charge is 2.41. The predicted molar refractivity (Wildman–Crippen MR) is 61.9 cm³/mol. The SMILES string of the molecule is COCCC1(CNCc2cnccn2)CC1. The lowest BCUT2D eigenvalue weighted by Crippen LogP contribution is -2.25. The van der Waals surface area contributed by atoms with Gasteiger partial charge in [0.2, 0.25) is 0 Å². The third kappa shape index (κ3) is 3.25. The van der Waals surface area contributed by atoms with Crippen LogP contribution in [-0.2, 0) is 11.3 Å². The first-order chi connectivity index (χ1) is 7.85. The lowest BCUT2D eigenvalue weighted by Gasteiger charge is -2.15. The number of methoxy groups -OCH3 is 1. The second-order valence-corrected chi connectivity index (χ2v) is 4.54. The van der Waals surface area contributed by atoms with Gasteiger partial charge in [-0.25, -0.2) is 0 Å². The van der Waals surface area contributed by atoms with Crippen molar-refractivity contribution < 1.29 is 4.74 Å². The van der Waals surface area contributed by atoms with Gasteiger partial charge in [-0.15, -0.1) is 0 Å². The third-order valence-electron chi connectivity index (χ3n) is 3.22. The normalized spacial score (nSPS) is 17.3. The van der Waals surface area contributed by atoms with E-state index in [4.69, 9.17) is 4.74 Å². The van der Waals surface area contributed by atoms with Crippen LogP contribution in [0.25, 0.3) is 0 Å². The Morgan fingerprint density at radius 3 is 2.94 bits per heavy atom. The van der Waals surface area contributed by atoms with Crippen molar-refractivity contribution in [2.45, 2.75) is 25.8 Å². The van der Waals surface area contributed by atoms with Crippen molar-refractivity contribution in [2.24, 2.45) is 5.41 Å². The highest BCUT2D eigenvalue weighted by atomic mass is 16.5. The van der Waals surface area contributed by atoms with Crippen LogP contribution in [0.4, 0.5) is 0 Å². The molecule has 4 heteroatoms. The molecule has 4 nitrogen and oxygen atoms in total. The Morgan fingerprint density at radius 1 is 1.44 bits per heavy atom. The monoisotopic (exact) mass is 221 g/mol. The van der Waals surface area contributed by atoms with Crippen LogP contribution in [0.5, 0.6) is 0 Å². The van der Waals surface area contributed by atoms with E-state index in [9.17, 15) is 0 Å². The average molecular weight is 221 g/mol. The molecule has 0 radical (unpaired) electrons. The molecule has 0 unspecified atom stereocenters. The maximum Gasteiger partial charge on any atom is 0.0724 e. The summed E-state index contributed by atoms with van der Waals surface area (Å²) in [7, 11) is 1.77. The van der Waals surface area contributed by atoms with Gasteiger partial charge in [0.05, 0.1) is 5.69 Å². The number of hydrogen-bond acceptors (Lipinski definition) is 4. The minimum atomic E-state index is 0.498. The van der Waals surface area contributed by atoms with Gasteiger partial charge in [0.15, 0.2) is 0 Å². The zero-order valence-corrected chi connectivity index (χ0v) is 9.78. The summed E-state index contributed by atoms with van der Waals surface area (Å²) < 4.78 is 5.13. The van der Waals surface area contributed by atoms with E-state index in [1.807, 2.05) is 6.20 Å². The van der Waals surface area contributed by atoms with Crippen molar-refractivity contribution in [3.05, 3.63) is 24.3 Å². The molecule has 1 aromatic heterocycles. The van der Waals surface area contributed by atoms with Gasteiger partial charge in [-0.2, -0.15) is 0 Å². The van der Waals surface area contributed by atoms with Gasteiger partial charge < -0.3 is 10.1 Å². The van der Waals surface area contributed by atoms with E-state index in [-0.39, 0.29) is 0 Å². The van der Waals surface area contributed by atoms with Gasteiger partial charge in [-0.1, -0.05) is 0 Å². The first-order valence-corrected chi connectivity index (χ1v) is 5.79. The van der Waals surface area contributed by atoms with Crippen molar-refractivity contribution in [1.29, 1.82) is 0 Å². The van der Waals surface area contributed by atoms with E-state index in [1.54, 1.807) is 19.5 Å². The van der Waals surface area contributed by atoms with E-state index in [0.717, 1.165) is 31.8 Å². The molecule has 1 N–H and O–H groups in total. The van der Waals surface area contributed by atoms with Gasteiger partial charge in [0, 0.05) is 45.4 Å². The van der Waals surface area contributed by atoms with Gasteiger partial charge in [-0.3, -0.25) is 9.97 Å². The highest BCUT2D eigenvalue weighted by Crippen LogP contribution is 2.48. The summed E-state index contributed by atoms with van der Waals surface area (Å²) in [6.07, 6.45) is 9.05. The van der Waals surface area contributed by atoms with Crippen LogP contribution < -0.4 is 5.32 Å². The fourth-order valence-electron chi connectivity index (χ4n) is 1.89. The number of ether oxygens (including phenoxy) is 1. The lowest BCUT2D eigenvalue weighted by molar-refractivity contribution is 0.171. The molecule has 0 bridgehead atoms. The standard InChI is InChI=1S/C12H19N3O/c1-16-7-4-12(2-3-12)10-14-9-11-8-13-5-6-15-11/h5-6,8,14H,2-4,7,9-10H2,1H3. The first-order valence-electron chi connectivity index (χ1n) is 5.79. The molecule has 0 spiro atoms. The molecular formula is C12H19N3O. The molecule has 1 heterocycles. The van der Waals surface area contributed by atoms with Crippen LogP contribution in [0.15, 0.2) is 18.6 Å². The van der Waals surface area contributed by atoms with Crippen LogP contribution in [-0.4, -0.2) is 30.2 Å². The lowest BCUT2D eigenvalue weighted by atomic mass is 10.0. The van der Waals surface area contributed by atoms with Crippen LogP contribution in [0.2, 0.25) is 0 Å². The molecule has 2 rings (SSSR count). The minimum Gasteiger partial charge on any atom is -0.385 e. The molecular weight excluding hydrogens is 202 g/mol. The molecule has 1 fully saturated rings. The molecule has 1 saturated carbocycles. The average Bonchev–Trinajstić information content (AvgIpc) is 3.09. The van der Waals surface area contributed by atoms with Gasteiger partial charge in [-0.05, 0) is 24.7 Å². The molecule has 16 heavy (non-hydrogen) atoms. The largest absolute Gasteiger partial charge is 0.385 e. The Morgan fingerprint density at radius 2 is 2.31 bits per heavy atom. The van der Waals surface area contributed by atoms with E-state index in [1.165, 1.54) is 12.8 Å². The number of rotatable bonds is 7. The second-order valence-electron chi connectivity index (χ2n) is 4.54. The Hall–Kier alpha value is -1.00. The Labute approximate surface area is 96.4 Å². The predicted octanol–water partition coefficient (Wildman–Crippen LogP) is 1.38. The zero-order valence-electron chi connectivity index (χ0n) is 9.78. The molecule has 88 valence electrons. The summed E-state index contributed by atoms with van der Waals surface area (Å²) in [4.78, 5) is 8.27. The van der Waals surface area contributed by atoms with Gasteiger partial charge >= 0.3 is 0 Å². The van der Waals surface area contributed by atoms with Crippen LogP contribution in [0.3, 0.4) is 0 Å². The number of nitrogens with zero attached hydrogens (tertiary/aromatic N) is 2. The van der Waals surface area contributed by atoms with Crippen molar-refractivity contribution >= 4 is 0 Å². The summed E-state index contributed by atoms with van der Waals surface area (Å²) in [6.45, 7) is 2.74. The molecule has 0 amide bonds. The van der Waals surface area contributed by atoms with E-state index in [2.05, 4.69) is 15.3 Å². The topological polar surface area (TPSA) is 47.0 Å². The van der Waals surface area contributed by atoms with E-state index in [0.29, 0.717) is 5.41 Å². The zero-order chi connectivity index (χ0) is 11.3. The molecule has 0 saturated heterocycles. The molecule has 0 atom stereocenters. The third-order valence-corrected chi connectivity index (χ3v) is 3.22. The molecule has 0 aliphatic heterocycles. The maximum atomic E-state index is 5.13. The quantitative estimate of drug-likeness (QED) is 0.755. The number of nitrogens with one attached hydrogen (secondary N) is 1. The summed E-state index contributed by atoms with van der Waals surface area (Å²) in [6, 6.07) is 0. The summed E-state index contributed by atoms with van der Waals surface area (Å²) >= 11 is 0. The smallest absolute Gasteiger partial charge is 0.0724 e. The van der Waals surface area contributed by atoms with Gasteiger partial charge in [0.1, 0.15) is 0 Å². The van der Waals surface area contributed by atoms with Crippen molar-refractivity contribution in [1.82, 2.24) is 15.3 Å². The summed E-state index contributed by atoms with van der Waals surface area (Å²) in [5.74, 6) is 0. The maximum absolute atomic E-state index is 5.13. The van der Waals surface area contributed by atoms with Crippen molar-refractivity contribution in [2.75, 3.05) is 20.3 Å². The fourth-order valence-corrected chi connectivity index (χ4v) is 1.89. The van der Waals surface area contributed by atoms with Crippen LogP contribution in [0, 0.1) is 5.41 Å². The molecule has 1 aliphatic rings. The van der Waals surface area contributed by atoms with Crippen molar-refractivity contribution in [3.8, 4) is 0 Å². The van der Waals surface area contributed by atoms with Crippen LogP contribution in [0.1, 0.15) is 25.0 Å². The highest BCUT2D eigenvalue weighted by molar-refractivity contribution is 4.97. The fraction of sp³-hybridized carbons (Fsp3) is 0.667. The van der Waals surface area contributed by atoms with E-state index < -0.39 is 0 Å². The Kier molecular flexibility index (Phi) is 3.85. The molecule has 0 aromatic carbocycles. The summed E-state index contributed by atoms with van der Waals surface area (Å²) in [5.41, 5.74) is 1.50. The van der Waals surface area contributed by atoms with E-state index >= 15 is 0 Å². The second kappa shape index (κ2) is 5.37. The Balaban J connectivity index is 1.68. The molecule has 1 aliphatic carbocycles. The number of hydrogen-bond donors (Lipinski definition) is 1. The van der Waals surface area contributed by atoms with Crippen molar-refractivity contribution in [3.63, 3.8) is 0 Å². The first kappa shape index (κ1) is 11.5. The molecule has 1 aromatic rings. The van der Waals surface area contributed by atoms with Crippen LogP contribution >= 0.6 is 0 Å². The number of aromatic nitrogens is 2. The Bertz CT molecular complexity index is 311.